The lowest BCUT2D eigenvalue weighted by molar-refractivity contribution is 0.0494. The summed E-state index contributed by atoms with van der Waals surface area (Å²) < 4.78 is 5.51. The molecular weight excluding hydrogens is 268 g/mol. The Bertz CT molecular complexity index is 712. The number of aromatic amines is 1. The Morgan fingerprint density at radius 3 is 3.05 bits per heavy atom. The third-order valence-corrected chi connectivity index (χ3v) is 4.21. The van der Waals surface area contributed by atoms with E-state index in [1.165, 1.54) is 0 Å². The van der Waals surface area contributed by atoms with Gasteiger partial charge in [-0.2, -0.15) is 0 Å². The zero-order valence-corrected chi connectivity index (χ0v) is 12.3. The Morgan fingerprint density at radius 2 is 2.29 bits per heavy atom. The fourth-order valence-corrected chi connectivity index (χ4v) is 2.83. The van der Waals surface area contributed by atoms with Crippen molar-refractivity contribution in [2.45, 2.75) is 19.4 Å². The Balaban J connectivity index is 1.98. The normalized spacial score (nSPS) is 22.7. The maximum atomic E-state index is 12.2. The highest BCUT2D eigenvalue weighted by molar-refractivity contribution is 5.81. The van der Waals surface area contributed by atoms with Crippen molar-refractivity contribution in [2.75, 3.05) is 30.8 Å². The summed E-state index contributed by atoms with van der Waals surface area (Å²) in [7, 11) is 1.73. The molecule has 2 unspecified atom stereocenters. The minimum absolute atomic E-state index is 0.158. The van der Waals surface area contributed by atoms with Crippen LogP contribution in [-0.4, -0.2) is 36.3 Å². The van der Waals surface area contributed by atoms with Crippen molar-refractivity contribution in [1.29, 1.82) is 0 Å². The molecule has 0 spiro atoms. The minimum Gasteiger partial charge on any atom is -0.399 e. The number of ether oxygens (including phenoxy) is 1. The number of nitrogens with two attached hydrogens (primary N) is 1. The molecule has 3 N–H and O–H groups in total. The van der Waals surface area contributed by atoms with Crippen LogP contribution in [0.25, 0.3) is 10.9 Å². The maximum absolute atomic E-state index is 12.2. The van der Waals surface area contributed by atoms with E-state index >= 15 is 0 Å². The van der Waals surface area contributed by atoms with Crippen molar-refractivity contribution in [3.05, 3.63) is 28.6 Å². The highest BCUT2D eigenvalue weighted by Crippen LogP contribution is 2.23. The van der Waals surface area contributed by atoms with Gasteiger partial charge < -0.3 is 15.4 Å². The van der Waals surface area contributed by atoms with E-state index in [1.807, 2.05) is 0 Å². The molecule has 0 radical (unpaired) electrons. The lowest BCUT2D eigenvalue weighted by atomic mass is 9.96. The molecule has 0 amide bonds. The number of benzene rings is 1. The molecule has 2 atom stereocenters. The summed E-state index contributed by atoms with van der Waals surface area (Å²) >= 11 is 0. The van der Waals surface area contributed by atoms with E-state index in [1.54, 1.807) is 25.3 Å². The predicted octanol–water partition coefficient (Wildman–Crippen LogP) is 1.37. The van der Waals surface area contributed by atoms with Crippen LogP contribution in [0.15, 0.2) is 23.0 Å². The van der Waals surface area contributed by atoms with Crippen molar-refractivity contribution < 1.29 is 4.74 Å². The van der Waals surface area contributed by atoms with E-state index in [9.17, 15) is 4.79 Å². The smallest absolute Gasteiger partial charge is 0.260 e. The van der Waals surface area contributed by atoms with E-state index < -0.39 is 0 Å². The molecule has 0 saturated carbocycles. The molecule has 0 bridgehead atoms. The molecule has 2 heterocycles. The number of methoxy groups -OCH3 is 1. The zero-order valence-electron chi connectivity index (χ0n) is 12.3. The first-order chi connectivity index (χ1) is 10.1. The lowest BCUT2D eigenvalue weighted by Crippen LogP contribution is -2.45. The number of piperidine rings is 1. The predicted molar refractivity (Wildman–Crippen MR) is 83.6 cm³/mol. The van der Waals surface area contributed by atoms with Crippen molar-refractivity contribution in [3.63, 3.8) is 0 Å². The van der Waals surface area contributed by atoms with Crippen LogP contribution < -0.4 is 16.2 Å². The van der Waals surface area contributed by atoms with Gasteiger partial charge in [0.2, 0.25) is 5.95 Å². The highest BCUT2D eigenvalue weighted by atomic mass is 16.5. The molecule has 1 aromatic carbocycles. The first-order valence-corrected chi connectivity index (χ1v) is 7.16. The Hall–Kier alpha value is -2.08. The summed E-state index contributed by atoms with van der Waals surface area (Å²) in [6, 6.07) is 5.19. The SMILES string of the molecule is COC1CN(c2nc3ccc(N)cc3c(=O)[nH]2)CCC1C. The average Bonchev–Trinajstić information content (AvgIpc) is 2.48. The second-order valence-corrected chi connectivity index (χ2v) is 5.65. The summed E-state index contributed by atoms with van der Waals surface area (Å²) in [6.07, 6.45) is 1.17. The van der Waals surface area contributed by atoms with Crippen molar-refractivity contribution in [1.82, 2.24) is 9.97 Å². The third kappa shape index (κ3) is 2.58. The minimum atomic E-state index is -0.158. The molecule has 2 aromatic rings. The Morgan fingerprint density at radius 1 is 1.48 bits per heavy atom. The average molecular weight is 288 g/mol. The van der Waals surface area contributed by atoms with Gasteiger partial charge in [-0.25, -0.2) is 4.98 Å². The lowest BCUT2D eigenvalue weighted by Gasteiger charge is -2.36. The molecule has 6 nitrogen and oxygen atoms in total. The molecule has 21 heavy (non-hydrogen) atoms. The second kappa shape index (κ2) is 5.37. The molecule has 1 saturated heterocycles. The quantitative estimate of drug-likeness (QED) is 0.815. The number of fused-ring (bicyclic) bond motifs is 1. The summed E-state index contributed by atoms with van der Waals surface area (Å²) in [5, 5.41) is 0.521. The van der Waals surface area contributed by atoms with Crippen LogP contribution in [0.4, 0.5) is 11.6 Å². The zero-order chi connectivity index (χ0) is 15.0. The number of hydrogen-bond acceptors (Lipinski definition) is 5. The molecule has 0 aliphatic carbocycles. The number of H-pyrrole nitrogens is 1. The number of nitrogens with one attached hydrogen (secondary N) is 1. The van der Waals surface area contributed by atoms with Crippen LogP contribution in [0.1, 0.15) is 13.3 Å². The van der Waals surface area contributed by atoms with Gasteiger partial charge in [0.1, 0.15) is 0 Å². The van der Waals surface area contributed by atoms with Crippen LogP contribution in [0.2, 0.25) is 0 Å². The standard InChI is InChI=1S/C15H20N4O2/c1-9-5-6-19(8-13(9)21-2)15-17-12-4-3-10(16)7-11(12)14(20)18-15/h3-4,7,9,13H,5-6,8,16H2,1-2H3,(H,17,18,20). The maximum Gasteiger partial charge on any atom is 0.260 e. The van der Waals surface area contributed by atoms with Gasteiger partial charge in [-0.3, -0.25) is 9.78 Å². The van der Waals surface area contributed by atoms with Crippen molar-refractivity contribution in [2.24, 2.45) is 5.92 Å². The van der Waals surface area contributed by atoms with Crippen LogP contribution in [0.3, 0.4) is 0 Å². The van der Waals surface area contributed by atoms with Gasteiger partial charge in [-0.15, -0.1) is 0 Å². The number of hydrogen-bond donors (Lipinski definition) is 2. The third-order valence-electron chi connectivity index (χ3n) is 4.21. The fourth-order valence-electron chi connectivity index (χ4n) is 2.83. The van der Waals surface area contributed by atoms with E-state index in [2.05, 4.69) is 21.8 Å². The molecule has 6 heteroatoms. The van der Waals surface area contributed by atoms with Crippen molar-refractivity contribution >= 4 is 22.5 Å². The number of anilines is 2. The number of rotatable bonds is 2. The highest BCUT2D eigenvalue weighted by Gasteiger charge is 2.27. The van der Waals surface area contributed by atoms with Crippen LogP contribution in [0, 0.1) is 5.92 Å². The largest absolute Gasteiger partial charge is 0.399 e. The van der Waals surface area contributed by atoms with Crippen LogP contribution in [0.5, 0.6) is 0 Å². The molecule has 1 aliphatic rings. The van der Waals surface area contributed by atoms with Gasteiger partial charge in [0.15, 0.2) is 0 Å². The number of nitrogen functional groups attached to an aromatic ring is 1. The fraction of sp³-hybridized carbons (Fsp3) is 0.467. The van der Waals surface area contributed by atoms with Gasteiger partial charge in [0.25, 0.3) is 5.56 Å². The van der Waals surface area contributed by atoms with E-state index in [0.717, 1.165) is 19.5 Å². The van der Waals surface area contributed by atoms with Crippen molar-refractivity contribution in [3.8, 4) is 0 Å². The van der Waals surface area contributed by atoms with Gasteiger partial charge in [0.05, 0.1) is 17.0 Å². The van der Waals surface area contributed by atoms with E-state index in [0.29, 0.717) is 28.5 Å². The monoisotopic (exact) mass is 288 g/mol. The number of aromatic nitrogens is 2. The van der Waals surface area contributed by atoms with Gasteiger partial charge in [-0.05, 0) is 30.5 Å². The van der Waals surface area contributed by atoms with E-state index in [4.69, 9.17) is 10.5 Å². The van der Waals surface area contributed by atoms with Gasteiger partial charge in [0, 0.05) is 25.9 Å². The summed E-state index contributed by atoms with van der Waals surface area (Å²) in [6.45, 7) is 3.79. The summed E-state index contributed by atoms with van der Waals surface area (Å²) in [4.78, 5) is 21.7. The summed E-state index contributed by atoms with van der Waals surface area (Å²) in [5.74, 6) is 1.12. The molecular formula is C15H20N4O2. The Labute approximate surface area is 122 Å². The topological polar surface area (TPSA) is 84.2 Å². The second-order valence-electron chi connectivity index (χ2n) is 5.65. The molecule has 3 rings (SSSR count). The first-order valence-electron chi connectivity index (χ1n) is 7.16. The van der Waals surface area contributed by atoms with Crippen LogP contribution >= 0.6 is 0 Å². The van der Waals surface area contributed by atoms with E-state index in [-0.39, 0.29) is 11.7 Å². The molecule has 1 aliphatic heterocycles. The van der Waals surface area contributed by atoms with Gasteiger partial charge in [-0.1, -0.05) is 6.92 Å². The van der Waals surface area contributed by atoms with Gasteiger partial charge >= 0.3 is 0 Å². The Kier molecular flexibility index (Phi) is 3.55. The number of nitrogens with zero attached hydrogens (tertiary/aromatic N) is 2. The summed E-state index contributed by atoms with van der Waals surface area (Å²) in [5.41, 5.74) is 6.79. The molecule has 112 valence electrons. The van der Waals surface area contributed by atoms with Crippen LogP contribution in [-0.2, 0) is 4.74 Å². The molecule has 1 aromatic heterocycles. The molecule has 1 fully saturated rings. The first kappa shape index (κ1) is 13.9.